The van der Waals surface area contributed by atoms with Crippen LogP contribution < -0.4 is 5.32 Å². The molecule has 0 unspecified atom stereocenters. The average molecular weight is 338 g/mol. The molecule has 0 radical (unpaired) electrons. The third kappa shape index (κ3) is 4.42. The lowest BCUT2D eigenvalue weighted by atomic mass is 10.2. The van der Waals surface area contributed by atoms with Crippen molar-refractivity contribution in [1.29, 1.82) is 0 Å². The van der Waals surface area contributed by atoms with Gasteiger partial charge in [0, 0.05) is 45.0 Å². The fourth-order valence-corrected chi connectivity index (χ4v) is 4.68. The van der Waals surface area contributed by atoms with Gasteiger partial charge >= 0.3 is 6.03 Å². The van der Waals surface area contributed by atoms with E-state index in [1.54, 1.807) is 11.1 Å². The lowest BCUT2D eigenvalue weighted by Crippen LogP contribution is -2.53. The summed E-state index contributed by atoms with van der Waals surface area (Å²) < 4.78 is 22.9. The van der Waals surface area contributed by atoms with Crippen LogP contribution >= 0.6 is 0 Å². The predicted octanol–water partition coefficient (Wildman–Crippen LogP) is 0.0959. The molecule has 2 fully saturated rings. The van der Waals surface area contributed by atoms with E-state index in [0.29, 0.717) is 19.5 Å². The summed E-state index contributed by atoms with van der Waals surface area (Å²) >= 11 is 0. The maximum Gasteiger partial charge on any atom is 0.317 e. The molecule has 8 heteroatoms. The van der Waals surface area contributed by atoms with Crippen LogP contribution in [0, 0.1) is 0 Å². The molecule has 2 aliphatic heterocycles. The Hall–Kier alpha value is -1.67. The number of hydrogen-bond acceptors (Lipinski definition) is 5. The molecule has 2 amide bonds. The maximum absolute atomic E-state index is 12.2. The SMILES string of the molecule is O=C(N[C@@H]1CCS(=O)(=O)C1)N1CCN(Cc2ccccn2)CC1. The Balaban J connectivity index is 1.44. The minimum atomic E-state index is -2.96. The van der Waals surface area contributed by atoms with Gasteiger partial charge in [-0.1, -0.05) is 6.07 Å². The van der Waals surface area contributed by atoms with Gasteiger partial charge in [-0.25, -0.2) is 13.2 Å². The summed E-state index contributed by atoms with van der Waals surface area (Å²) in [4.78, 5) is 20.6. The number of rotatable bonds is 3. The molecule has 2 aliphatic rings. The maximum atomic E-state index is 12.2. The highest BCUT2D eigenvalue weighted by Gasteiger charge is 2.30. The van der Waals surface area contributed by atoms with Crippen molar-refractivity contribution in [3.8, 4) is 0 Å². The van der Waals surface area contributed by atoms with E-state index in [1.807, 2.05) is 18.2 Å². The zero-order valence-corrected chi connectivity index (χ0v) is 13.8. The highest BCUT2D eigenvalue weighted by atomic mass is 32.2. The van der Waals surface area contributed by atoms with Crippen LogP contribution in [0.25, 0.3) is 0 Å². The molecule has 0 aliphatic carbocycles. The number of carbonyl (C=O) groups excluding carboxylic acids is 1. The Kier molecular flexibility index (Phi) is 4.82. The number of piperazine rings is 1. The number of carbonyl (C=O) groups is 1. The standard InChI is InChI=1S/C15H22N4O3S/c20-15(17-14-4-10-23(21,22)12-14)19-8-6-18(7-9-19)11-13-3-1-2-5-16-13/h1-3,5,14H,4,6-12H2,(H,17,20)/t14-/m1/s1. The fourth-order valence-electron chi connectivity index (χ4n) is 3.00. The van der Waals surface area contributed by atoms with Gasteiger partial charge in [0.1, 0.15) is 0 Å². The van der Waals surface area contributed by atoms with E-state index in [-0.39, 0.29) is 23.6 Å². The summed E-state index contributed by atoms with van der Waals surface area (Å²) in [7, 11) is -2.96. The van der Waals surface area contributed by atoms with Gasteiger partial charge in [0.2, 0.25) is 0 Å². The lowest BCUT2D eigenvalue weighted by Gasteiger charge is -2.35. The quantitative estimate of drug-likeness (QED) is 0.845. The Labute approximate surface area is 136 Å². The summed E-state index contributed by atoms with van der Waals surface area (Å²) in [6.07, 6.45) is 2.31. The molecule has 1 aromatic rings. The van der Waals surface area contributed by atoms with E-state index in [2.05, 4.69) is 15.2 Å². The number of nitrogens with zero attached hydrogens (tertiary/aromatic N) is 3. The average Bonchev–Trinajstić information content (AvgIpc) is 2.88. The normalized spacial score (nSPS) is 24.5. The first kappa shape index (κ1) is 16.2. The Morgan fingerprint density at radius 1 is 1.26 bits per heavy atom. The van der Waals surface area contributed by atoms with Crippen molar-refractivity contribution in [2.75, 3.05) is 37.7 Å². The van der Waals surface area contributed by atoms with Crippen LogP contribution in [-0.2, 0) is 16.4 Å². The molecule has 0 saturated carbocycles. The molecule has 0 spiro atoms. The molecule has 1 atom stereocenters. The van der Waals surface area contributed by atoms with Crippen molar-refractivity contribution in [1.82, 2.24) is 20.1 Å². The number of aromatic nitrogens is 1. The van der Waals surface area contributed by atoms with Gasteiger partial charge in [0.05, 0.1) is 17.2 Å². The topological polar surface area (TPSA) is 82.6 Å². The van der Waals surface area contributed by atoms with Crippen molar-refractivity contribution >= 4 is 15.9 Å². The van der Waals surface area contributed by atoms with E-state index in [0.717, 1.165) is 25.3 Å². The molecule has 3 rings (SSSR count). The summed E-state index contributed by atoms with van der Waals surface area (Å²) in [6.45, 7) is 3.69. The number of urea groups is 1. The monoisotopic (exact) mass is 338 g/mol. The molecular weight excluding hydrogens is 316 g/mol. The van der Waals surface area contributed by atoms with Crippen molar-refractivity contribution in [3.63, 3.8) is 0 Å². The molecule has 126 valence electrons. The molecule has 3 heterocycles. The van der Waals surface area contributed by atoms with Gasteiger partial charge in [0.15, 0.2) is 9.84 Å². The molecule has 2 saturated heterocycles. The van der Waals surface area contributed by atoms with Gasteiger partial charge in [-0.3, -0.25) is 9.88 Å². The molecule has 1 N–H and O–H groups in total. The van der Waals surface area contributed by atoms with E-state index < -0.39 is 9.84 Å². The second kappa shape index (κ2) is 6.84. The minimum absolute atomic E-state index is 0.0678. The zero-order valence-electron chi connectivity index (χ0n) is 13.0. The van der Waals surface area contributed by atoms with Gasteiger partial charge in [0.25, 0.3) is 0 Å². The van der Waals surface area contributed by atoms with Crippen molar-refractivity contribution in [3.05, 3.63) is 30.1 Å². The third-order valence-electron chi connectivity index (χ3n) is 4.33. The molecule has 23 heavy (non-hydrogen) atoms. The van der Waals surface area contributed by atoms with Crippen molar-refractivity contribution in [2.45, 2.75) is 19.0 Å². The molecule has 0 aromatic carbocycles. The van der Waals surface area contributed by atoms with Crippen LogP contribution in [0.5, 0.6) is 0 Å². The van der Waals surface area contributed by atoms with Crippen molar-refractivity contribution in [2.24, 2.45) is 0 Å². The van der Waals surface area contributed by atoms with Crippen LogP contribution in [0.15, 0.2) is 24.4 Å². The van der Waals surface area contributed by atoms with Crippen LogP contribution in [0.1, 0.15) is 12.1 Å². The second-order valence-corrected chi connectivity index (χ2v) is 8.36. The molecular formula is C15H22N4O3S. The predicted molar refractivity (Wildman–Crippen MR) is 86.7 cm³/mol. The van der Waals surface area contributed by atoms with E-state index in [9.17, 15) is 13.2 Å². The largest absolute Gasteiger partial charge is 0.334 e. The first-order valence-corrected chi connectivity index (χ1v) is 9.72. The van der Waals surface area contributed by atoms with E-state index in [1.165, 1.54) is 0 Å². The van der Waals surface area contributed by atoms with Gasteiger partial charge in [-0.2, -0.15) is 0 Å². The molecule has 0 bridgehead atoms. The number of sulfone groups is 1. The molecule has 1 aromatic heterocycles. The first-order chi connectivity index (χ1) is 11.0. The number of hydrogen-bond donors (Lipinski definition) is 1. The zero-order chi connectivity index (χ0) is 16.3. The summed E-state index contributed by atoms with van der Waals surface area (Å²) in [5.74, 6) is 0.244. The summed E-state index contributed by atoms with van der Waals surface area (Å²) in [6, 6.07) is 5.49. The van der Waals surface area contributed by atoms with Gasteiger partial charge in [-0.15, -0.1) is 0 Å². The Morgan fingerprint density at radius 2 is 2.04 bits per heavy atom. The second-order valence-electron chi connectivity index (χ2n) is 6.13. The minimum Gasteiger partial charge on any atom is -0.334 e. The Morgan fingerprint density at radius 3 is 2.65 bits per heavy atom. The van der Waals surface area contributed by atoms with Crippen LogP contribution in [0.2, 0.25) is 0 Å². The Bertz CT molecular complexity index is 642. The van der Waals surface area contributed by atoms with E-state index >= 15 is 0 Å². The number of pyridine rings is 1. The summed E-state index contributed by atoms with van der Waals surface area (Å²) in [5, 5.41) is 2.85. The number of amides is 2. The number of nitrogens with one attached hydrogen (secondary N) is 1. The van der Waals surface area contributed by atoms with Crippen molar-refractivity contribution < 1.29 is 13.2 Å². The van der Waals surface area contributed by atoms with Gasteiger partial charge in [-0.05, 0) is 18.6 Å². The summed E-state index contributed by atoms with van der Waals surface area (Å²) in [5.41, 5.74) is 1.03. The van der Waals surface area contributed by atoms with Crippen LogP contribution in [0.3, 0.4) is 0 Å². The lowest BCUT2D eigenvalue weighted by molar-refractivity contribution is 0.133. The highest BCUT2D eigenvalue weighted by Crippen LogP contribution is 2.12. The fraction of sp³-hybridized carbons (Fsp3) is 0.600. The van der Waals surface area contributed by atoms with Gasteiger partial charge < -0.3 is 10.2 Å². The molecule has 7 nitrogen and oxygen atoms in total. The van der Waals surface area contributed by atoms with Crippen LogP contribution in [0.4, 0.5) is 4.79 Å². The van der Waals surface area contributed by atoms with E-state index in [4.69, 9.17) is 0 Å². The highest BCUT2D eigenvalue weighted by molar-refractivity contribution is 7.91. The first-order valence-electron chi connectivity index (χ1n) is 7.90. The van der Waals surface area contributed by atoms with Crippen LogP contribution in [-0.4, -0.2) is 73.0 Å². The smallest absolute Gasteiger partial charge is 0.317 e. The third-order valence-corrected chi connectivity index (χ3v) is 6.10.